The first-order chi connectivity index (χ1) is 14.0. The SMILES string of the molecule is CCOC(=O)C1=C(C)N=c2sc(=Cc3ccccc3O)c(=O)n2C1c1cccs1. The number of thiazole rings is 1. The van der Waals surface area contributed by atoms with Gasteiger partial charge in [0.05, 0.1) is 22.4 Å². The zero-order chi connectivity index (χ0) is 20.5. The molecule has 8 heteroatoms. The van der Waals surface area contributed by atoms with Crippen molar-refractivity contribution in [1.82, 2.24) is 4.57 Å². The summed E-state index contributed by atoms with van der Waals surface area (Å²) in [5.74, 6) is -0.376. The minimum atomic E-state index is -0.586. The Labute approximate surface area is 174 Å². The first-order valence-corrected chi connectivity index (χ1v) is 10.7. The number of ether oxygens (including phenoxy) is 1. The van der Waals surface area contributed by atoms with Crippen LogP contribution in [0, 0.1) is 0 Å². The van der Waals surface area contributed by atoms with E-state index in [0.29, 0.717) is 26.2 Å². The fourth-order valence-corrected chi connectivity index (χ4v) is 5.12. The molecule has 4 rings (SSSR count). The fourth-order valence-electron chi connectivity index (χ4n) is 3.26. The Bertz CT molecular complexity index is 1280. The third kappa shape index (κ3) is 3.45. The maximum Gasteiger partial charge on any atom is 0.338 e. The normalized spacial score (nSPS) is 16.5. The van der Waals surface area contributed by atoms with Crippen molar-refractivity contribution >= 4 is 34.7 Å². The van der Waals surface area contributed by atoms with Crippen molar-refractivity contribution in [2.75, 3.05) is 6.61 Å². The standard InChI is InChI=1S/C21H18N2O4S2/c1-3-27-20(26)17-12(2)22-21-23(18(17)15-9-6-10-28-15)19(25)16(29-21)11-13-7-4-5-8-14(13)24/h4-11,18,24H,3H2,1-2H3. The van der Waals surface area contributed by atoms with Crippen LogP contribution in [0.4, 0.5) is 0 Å². The van der Waals surface area contributed by atoms with E-state index < -0.39 is 12.0 Å². The number of hydrogen-bond donors (Lipinski definition) is 1. The van der Waals surface area contributed by atoms with Crippen LogP contribution in [0.1, 0.15) is 30.3 Å². The van der Waals surface area contributed by atoms with Crippen LogP contribution in [0.25, 0.3) is 6.08 Å². The van der Waals surface area contributed by atoms with Crippen LogP contribution in [-0.4, -0.2) is 22.2 Å². The lowest BCUT2D eigenvalue weighted by molar-refractivity contribution is -0.139. The molecule has 3 aromatic rings. The Morgan fingerprint density at radius 1 is 1.31 bits per heavy atom. The minimum Gasteiger partial charge on any atom is -0.507 e. The van der Waals surface area contributed by atoms with E-state index in [9.17, 15) is 14.7 Å². The average Bonchev–Trinajstić information content (AvgIpc) is 3.32. The Hall–Kier alpha value is -2.97. The van der Waals surface area contributed by atoms with Crippen LogP contribution in [0.2, 0.25) is 0 Å². The number of esters is 1. The van der Waals surface area contributed by atoms with Gasteiger partial charge in [0.1, 0.15) is 11.8 Å². The number of fused-ring (bicyclic) bond motifs is 1. The molecule has 1 aliphatic heterocycles. The van der Waals surface area contributed by atoms with E-state index in [1.54, 1.807) is 48.8 Å². The fraction of sp³-hybridized carbons (Fsp3) is 0.190. The van der Waals surface area contributed by atoms with Gasteiger partial charge < -0.3 is 9.84 Å². The Balaban J connectivity index is 1.96. The largest absolute Gasteiger partial charge is 0.507 e. The van der Waals surface area contributed by atoms with Gasteiger partial charge in [-0.15, -0.1) is 11.3 Å². The van der Waals surface area contributed by atoms with Crippen molar-refractivity contribution < 1.29 is 14.6 Å². The molecule has 1 unspecified atom stereocenters. The molecular weight excluding hydrogens is 408 g/mol. The quantitative estimate of drug-likeness (QED) is 0.650. The number of aromatic hydroxyl groups is 1. The van der Waals surface area contributed by atoms with Crippen molar-refractivity contribution in [1.29, 1.82) is 0 Å². The molecule has 1 atom stereocenters. The summed E-state index contributed by atoms with van der Waals surface area (Å²) in [5, 5.41) is 12.0. The van der Waals surface area contributed by atoms with E-state index in [4.69, 9.17) is 4.74 Å². The van der Waals surface area contributed by atoms with Crippen molar-refractivity contribution in [3.05, 3.63) is 83.2 Å². The lowest BCUT2D eigenvalue weighted by atomic mass is 10.0. The van der Waals surface area contributed by atoms with Gasteiger partial charge in [-0.05, 0) is 37.4 Å². The maximum atomic E-state index is 13.3. The molecule has 29 heavy (non-hydrogen) atoms. The predicted octanol–water partition coefficient (Wildman–Crippen LogP) is 2.57. The molecule has 0 saturated heterocycles. The van der Waals surface area contributed by atoms with E-state index in [-0.39, 0.29) is 17.9 Å². The zero-order valence-corrected chi connectivity index (χ0v) is 17.4. The number of carbonyl (C=O) groups is 1. The van der Waals surface area contributed by atoms with Crippen molar-refractivity contribution in [2.24, 2.45) is 4.99 Å². The second-order valence-electron chi connectivity index (χ2n) is 6.38. The van der Waals surface area contributed by atoms with E-state index in [1.165, 1.54) is 22.7 Å². The molecule has 1 aliphatic rings. The molecule has 2 aromatic heterocycles. The van der Waals surface area contributed by atoms with E-state index in [2.05, 4.69) is 4.99 Å². The van der Waals surface area contributed by atoms with Gasteiger partial charge in [0, 0.05) is 10.4 Å². The second kappa shape index (κ2) is 7.81. The number of aromatic nitrogens is 1. The smallest absolute Gasteiger partial charge is 0.338 e. The van der Waals surface area contributed by atoms with Gasteiger partial charge in [-0.3, -0.25) is 9.36 Å². The van der Waals surface area contributed by atoms with Gasteiger partial charge in [-0.25, -0.2) is 9.79 Å². The Morgan fingerprint density at radius 3 is 2.79 bits per heavy atom. The number of allylic oxidation sites excluding steroid dienone is 1. The van der Waals surface area contributed by atoms with Gasteiger partial charge in [0.15, 0.2) is 4.80 Å². The first-order valence-electron chi connectivity index (χ1n) is 9.02. The predicted molar refractivity (Wildman–Crippen MR) is 113 cm³/mol. The van der Waals surface area contributed by atoms with Crippen molar-refractivity contribution in [3.63, 3.8) is 0 Å². The number of rotatable bonds is 4. The van der Waals surface area contributed by atoms with Gasteiger partial charge in [-0.2, -0.15) is 0 Å². The Kier molecular flexibility index (Phi) is 5.21. The first kappa shape index (κ1) is 19.4. The van der Waals surface area contributed by atoms with Crippen LogP contribution in [0.15, 0.2) is 62.8 Å². The number of hydrogen-bond acceptors (Lipinski definition) is 7. The summed E-state index contributed by atoms with van der Waals surface area (Å²) in [7, 11) is 0. The van der Waals surface area contributed by atoms with Gasteiger partial charge >= 0.3 is 5.97 Å². The third-order valence-electron chi connectivity index (χ3n) is 4.55. The summed E-state index contributed by atoms with van der Waals surface area (Å²) in [6.45, 7) is 3.74. The topological polar surface area (TPSA) is 80.9 Å². The summed E-state index contributed by atoms with van der Waals surface area (Å²) in [6, 6.07) is 10.0. The van der Waals surface area contributed by atoms with Gasteiger partial charge in [-0.1, -0.05) is 35.6 Å². The number of phenols is 1. The van der Waals surface area contributed by atoms with Crippen LogP contribution < -0.4 is 14.9 Å². The number of benzene rings is 1. The highest BCUT2D eigenvalue weighted by Gasteiger charge is 2.33. The number of para-hydroxylation sites is 1. The highest BCUT2D eigenvalue weighted by molar-refractivity contribution is 7.10. The maximum absolute atomic E-state index is 13.3. The molecule has 1 aromatic carbocycles. The molecule has 0 spiro atoms. The minimum absolute atomic E-state index is 0.0940. The summed E-state index contributed by atoms with van der Waals surface area (Å²) in [5.41, 5.74) is 1.20. The molecule has 0 fully saturated rings. The molecular formula is C21H18N2O4S2. The van der Waals surface area contributed by atoms with Crippen molar-refractivity contribution in [2.45, 2.75) is 19.9 Å². The van der Waals surface area contributed by atoms with Gasteiger partial charge in [0.25, 0.3) is 5.56 Å². The zero-order valence-electron chi connectivity index (χ0n) is 15.8. The molecule has 0 radical (unpaired) electrons. The number of carbonyl (C=O) groups excluding carboxylic acids is 1. The monoisotopic (exact) mass is 426 g/mol. The van der Waals surface area contributed by atoms with E-state index >= 15 is 0 Å². The van der Waals surface area contributed by atoms with Crippen LogP contribution in [0.5, 0.6) is 5.75 Å². The highest BCUT2D eigenvalue weighted by atomic mass is 32.1. The molecule has 0 bridgehead atoms. The van der Waals surface area contributed by atoms with Gasteiger partial charge in [0.2, 0.25) is 0 Å². The van der Waals surface area contributed by atoms with E-state index in [0.717, 1.165) is 4.88 Å². The van der Waals surface area contributed by atoms with Crippen LogP contribution >= 0.6 is 22.7 Å². The number of phenolic OH excluding ortho intramolecular Hbond substituents is 1. The third-order valence-corrected chi connectivity index (χ3v) is 6.46. The molecule has 0 amide bonds. The molecule has 148 valence electrons. The summed E-state index contributed by atoms with van der Waals surface area (Å²) < 4.78 is 7.23. The average molecular weight is 427 g/mol. The molecule has 0 saturated carbocycles. The summed E-state index contributed by atoms with van der Waals surface area (Å²) in [6.07, 6.45) is 1.65. The van der Waals surface area contributed by atoms with E-state index in [1.807, 2.05) is 17.5 Å². The van der Waals surface area contributed by atoms with Crippen LogP contribution in [0.3, 0.4) is 0 Å². The summed E-state index contributed by atoms with van der Waals surface area (Å²) >= 11 is 2.70. The lowest BCUT2D eigenvalue weighted by Crippen LogP contribution is -2.39. The molecule has 6 nitrogen and oxygen atoms in total. The second-order valence-corrected chi connectivity index (χ2v) is 8.36. The molecule has 0 aliphatic carbocycles. The Morgan fingerprint density at radius 2 is 2.10 bits per heavy atom. The number of nitrogens with zero attached hydrogens (tertiary/aromatic N) is 2. The molecule has 1 N–H and O–H groups in total. The molecule has 3 heterocycles. The lowest BCUT2D eigenvalue weighted by Gasteiger charge is -2.23. The highest BCUT2D eigenvalue weighted by Crippen LogP contribution is 2.33. The summed E-state index contributed by atoms with van der Waals surface area (Å²) in [4.78, 5) is 31.9. The van der Waals surface area contributed by atoms with Crippen LogP contribution in [-0.2, 0) is 9.53 Å². The van der Waals surface area contributed by atoms with Crippen molar-refractivity contribution in [3.8, 4) is 5.75 Å². The number of thiophene rings is 1.